The summed E-state index contributed by atoms with van der Waals surface area (Å²) in [7, 11) is -3.91. The SMILES string of the molecule is CCCNC(=O)C(Cc1ccccc1)N(Cc1ccc(Cl)c(Cl)c1)C(=O)CN(c1ccccc1Cl)S(C)(=O)=O. The van der Waals surface area contributed by atoms with Crippen LogP contribution in [0.25, 0.3) is 0 Å². The van der Waals surface area contributed by atoms with Gasteiger partial charge >= 0.3 is 0 Å². The van der Waals surface area contributed by atoms with Crippen LogP contribution in [0.2, 0.25) is 15.1 Å². The summed E-state index contributed by atoms with van der Waals surface area (Å²) in [6, 6.07) is 19.7. The zero-order valence-electron chi connectivity index (χ0n) is 21.6. The molecule has 3 rings (SSSR count). The van der Waals surface area contributed by atoms with E-state index in [-0.39, 0.29) is 29.6 Å². The van der Waals surface area contributed by atoms with Gasteiger partial charge in [-0.15, -0.1) is 0 Å². The molecular weight excluding hydrogens is 581 g/mol. The summed E-state index contributed by atoms with van der Waals surface area (Å²) in [5, 5.41) is 3.71. The van der Waals surface area contributed by atoms with E-state index in [1.165, 1.54) is 11.0 Å². The molecule has 3 aromatic rings. The van der Waals surface area contributed by atoms with E-state index in [1.54, 1.807) is 36.4 Å². The lowest BCUT2D eigenvalue weighted by Crippen LogP contribution is -2.53. The van der Waals surface area contributed by atoms with E-state index < -0.39 is 28.5 Å². The van der Waals surface area contributed by atoms with Crippen LogP contribution >= 0.6 is 34.8 Å². The molecule has 0 heterocycles. The van der Waals surface area contributed by atoms with E-state index >= 15 is 0 Å². The largest absolute Gasteiger partial charge is 0.354 e. The molecule has 0 spiro atoms. The summed E-state index contributed by atoms with van der Waals surface area (Å²) in [5.74, 6) is -0.934. The van der Waals surface area contributed by atoms with Gasteiger partial charge in [0.15, 0.2) is 0 Å². The van der Waals surface area contributed by atoms with Gasteiger partial charge in [0.1, 0.15) is 12.6 Å². The molecule has 1 atom stereocenters. The van der Waals surface area contributed by atoms with Gasteiger partial charge in [0.25, 0.3) is 0 Å². The van der Waals surface area contributed by atoms with Crippen LogP contribution in [-0.2, 0) is 32.6 Å². The molecular formula is C28H30Cl3N3O4S. The van der Waals surface area contributed by atoms with Crippen molar-refractivity contribution in [1.82, 2.24) is 10.2 Å². The Kier molecular flexibility index (Phi) is 11.1. The van der Waals surface area contributed by atoms with Crippen molar-refractivity contribution in [3.05, 3.63) is 99.0 Å². The fraction of sp³-hybridized carbons (Fsp3) is 0.286. The summed E-state index contributed by atoms with van der Waals surface area (Å²) >= 11 is 18.6. The summed E-state index contributed by atoms with van der Waals surface area (Å²) < 4.78 is 26.6. The molecule has 1 N–H and O–H groups in total. The molecule has 0 fully saturated rings. The van der Waals surface area contributed by atoms with E-state index in [0.717, 1.165) is 16.1 Å². The number of hydrogen-bond acceptors (Lipinski definition) is 4. The van der Waals surface area contributed by atoms with Crippen LogP contribution in [-0.4, -0.2) is 50.5 Å². The second-order valence-corrected chi connectivity index (χ2v) is 12.1. The predicted molar refractivity (Wildman–Crippen MR) is 158 cm³/mol. The predicted octanol–water partition coefficient (Wildman–Crippen LogP) is 5.58. The molecule has 0 aliphatic rings. The van der Waals surface area contributed by atoms with Gasteiger partial charge in [-0.05, 0) is 41.8 Å². The maximum Gasteiger partial charge on any atom is 0.244 e. The van der Waals surface area contributed by atoms with E-state index in [4.69, 9.17) is 34.8 Å². The Hall–Kier alpha value is -2.78. The molecule has 0 aromatic heterocycles. The highest BCUT2D eigenvalue weighted by Gasteiger charge is 2.33. The van der Waals surface area contributed by atoms with Crippen LogP contribution in [0, 0.1) is 0 Å². The van der Waals surface area contributed by atoms with Crippen molar-refractivity contribution in [2.75, 3.05) is 23.7 Å². The fourth-order valence-corrected chi connectivity index (χ4v) is 5.47. The Bertz CT molecular complexity index is 1400. The third-order valence-electron chi connectivity index (χ3n) is 5.96. The average molecular weight is 611 g/mol. The van der Waals surface area contributed by atoms with Gasteiger partial charge in [-0.25, -0.2) is 8.42 Å². The number of rotatable bonds is 12. The number of benzene rings is 3. The minimum atomic E-state index is -3.91. The van der Waals surface area contributed by atoms with Crippen molar-refractivity contribution in [2.24, 2.45) is 0 Å². The number of carbonyl (C=O) groups is 2. The molecule has 0 aliphatic heterocycles. The fourth-order valence-electron chi connectivity index (χ4n) is 4.00. The zero-order chi connectivity index (χ0) is 28.6. The Labute approximate surface area is 244 Å². The lowest BCUT2D eigenvalue weighted by molar-refractivity contribution is -0.140. The Morgan fingerprint density at radius 2 is 1.54 bits per heavy atom. The first-order valence-electron chi connectivity index (χ1n) is 12.3. The van der Waals surface area contributed by atoms with Crippen LogP contribution in [0.1, 0.15) is 24.5 Å². The number of anilines is 1. The van der Waals surface area contributed by atoms with Gasteiger partial charge in [0.05, 0.1) is 27.0 Å². The molecule has 208 valence electrons. The second-order valence-electron chi connectivity index (χ2n) is 8.99. The van der Waals surface area contributed by atoms with Gasteiger partial charge in [-0.2, -0.15) is 0 Å². The number of para-hydroxylation sites is 1. The normalized spacial score (nSPS) is 12.0. The number of amides is 2. The lowest BCUT2D eigenvalue weighted by atomic mass is 10.0. The molecule has 11 heteroatoms. The van der Waals surface area contributed by atoms with E-state index in [1.807, 2.05) is 37.3 Å². The molecule has 0 radical (unpaired) electrons. The number of carbonyl (C=O) groups excluding carboxylic acids is 2. The monoisotopic (exact) mass is 609 g/mol. The molecule has 3 aromatic carbocycles. The maximum atomic E-state index is 14.0. The Morgan fingerprint density at radius 3 is 2.15 bits per heavy atom. The summed E-state index contributed by atoms with van der Waals surface area (Å²) in [4.78, 5) is 28.8. The highest BCUT2D eigenvalue weighted by Crippen LogP contribution is 2.28. The van der Waals surface area contributed by atoms with Crippen LogP contribution < -0.4 is 9.62 Å². The Balaban J connectivity index is 2.07. The van der Waals surface area contributed by atoms with Crippen LogP contribution in [0.4, 0.5) is 5.69 Å². The minimum Gasteiger partial charge on any atom is -0.354 e. The van der Waals surface area contributed by atoms with Crippen LogP contribution in [0.3, 0.4) is 0 Å². The molecule has 0 bridgehead atoms. The van der Waals surface area contributed by atoms with Gasteiger partial charge in [-0.3, -0.25) is 13.9 Å². The number of halogens is 3. The average Bonchev–Trinajstić information content (AvgIpc) is 2.90. The summed E-state index contributed by atoms with van der Waals surface area (Å²) in [5.41, 5.74) is 1.63. The van der Waals surface area contributed by atoms with Crippen molar-refractivity contribution >= 4 is 62.3 Å². The molecule has 39 heavy (non-hydrogen) atoms. The van der Waals surface area contributed by atoms with E-state index in [9.17, 15) is 18.0 Å². The molecule has 0 saturated heterocycles. The standard InChI is InChI=1S/C28H30Cl3N3O4S/c1-3-15-32-28(36)26(17-20-9-5-4-6-10-20)33(18-21-13-14-22(29)24(31)16-21)27(35)19-34(39(2,37)38)25-12-8-7-11-23(25)30/h4-14,16,26H,3,15,17-19H2,1-2H3,(H,32,36). The van der Waals surface area contributed by atoms with Gasteiger partial charge < -0.3 is 10.2 Å². The second kappa shape index (κ2) is 14.0. The van der Waals surface area contributed by atoms with Crippen molar-refractivity contribution in [1.29, 1.82) is 0 Å². The third kappa shape index (κ3) is 8.60. The van der Waals surface area contributed by atoms with Gasteiger partial charge in [-0.1, -0.05) is 90.3 Å². The van der Waals surface area contributed by atoms with Crippen LogP contribution in [0.15, 0.2) is 72.8 Å². The topological polar surface area (TPSA) is 86.8 Å². The van der Waals surface area contributed by atoms with E-state index in [0.29, 0.717) is 28.6 Å². The lowest BCUT2D eigenvalue weighted by Gasteiger charge is -2.33. The smallest absolute Gasteiger partial charge is 0.244 e. The molecule has 0 aliphatic carbocycles. The summed E-state index contributed by atoms with van der Waals surface area (Å²) in [6.45, 7) is 1.79. The molecule has 1 unspecified atom stereocenters. The summed E-state index contributed by atoms with van der Waals surface area (Å²) in [6.07, 6.45) is 1.93. The van der Waals surface area contributed by atoms with Crippen molar-refractivity contribution in [2.45, 2.75) is 32.4 Å². The first-order valence-corrected chi connectivity index (χ1v) is 15.3. The Morgan fingerprint density at radius 1 is 0.872 bits per heavy atom. The number of sulfonamides is 1. The van der Waals surface area contributed by atoms with Gasteiger partial charge in [0, 0.05) is 19.5 Å². The highest BCUT2D eigenvalue weighted by molar-refractivity contribution is 7.92. The quantitative estimate of drug-likeness (QED) is 0.290. The molecule has 0 saturated carbocycles. The minimum absolute atomic E-state index is 0.00705. The molecule has 7 nitrogen and oxygen atoms in total. The van der Waals surface area contributed by atoms with Crippen LogP contribution in [0.5, 0.6) is 0 Å². The zero-order valence-corrected chi connectivity index (χ0v) is 24.7. The highest BCUT2D eigenvalue weighted by atomic mass is 35.5. The number of hydrogen-bond donors (Lipinski definition) is 1. The third-order valence-corrected chi connectivity index (χ3v) is 8.14. The maximum absolute atomic E-state index is 14.0. The first-order chi connectivity index (χ1) is 18.5. The van der Waals surface area contributed by atoms with Gasteiger partial charge in [0.2, 0.25) is 21.8 Å². The number of nitrogens with one attached hydrogen (secondary N) is 1. The van der Waals surface area contributed by atoms with Crippen molar-refractivity contribution in [3.8, 4) is 0 Å². The number of nitrogens with zero attached hydrogens (tertiary/aromatic N) is 2. The van der Waals surface area contributed by atoms with E-state index in [2.05, 4.69) is 5.32 Å². The first kappa shape index (κ1) is 30.8. The van der Waals surface area contributed by atoms with Crippen molar-refractivity contribution in [3.63, 3.8) is 0 Å². The molecule has 2 amide bonds. The van der Waals surface area contributed by atoms with Crippen molar-refractivity contribution < 1.29 is 18.0 Å².